The van der Waals surface area contributed by atoms with Crippen molar-refractivity contribution < 1.29 is 9.53 Å². The zero-order chi connectivity index (χ0) is 20.9. The molecule has 0 aliphatic carbocycles. The summed E-state index contributed by atoms with van der Waals surface area (Å²) in [6.45, 7) is 3.08. The van der Waals surface area contributed by atoms with Crippen molar-refractivity contribution in [1.82, 2.24) is 9.78 Å². The van der Waals surface area contributed by atoms with Gasteiger partial charge in [-0.05, 0) is 42.1 Å². The van der Waals surface area contributed by atoms with Crippen LogP contribution in [0.1, 0.15) is 26.4 Å². The minimum atomic E-state index is -0.186. The molecule has 4 rings (SSSR count). The van der Waals surface area contributed by atoms with Crippen LogP contribution in [0.15, 0.2) is 72.2 Å². The largest absolute Gasteiger partial charge is 0.489 e. The molecule has 2 heterocycles. The van der Waals surface area contributed by atoms with Gasteiger partial charge in [0.05, 0.1) is 11.4 Å². The van der Waals surface area contributed by atoms with E-state index in [4.69, 9.17) is 16.3 Å². The minimum absolute atomic E-state index is 0.186. The fraction of sp³-hybridized carbons (Fsp3) is 0.130. The van der Waals surface area contributed by atoms with Crippen molar-refractivity contribution >= 4 is 34.7 Å². The molecule has 0 unspecified atom stereocenters. The van der Waals surface area contributed by atoms with E-state index in [1.165, 1.54) is 16.9 Å². The zero-order valence-corrected chi connectivity index (χ0v) is 17.9. The first kappa shape index (κ1) is 20.2. The van der Waals surface area contributed by atoms with E-state index in [1.807, 2.05) is 29.8 Å². The predicted molar refractivity (Wildman–Crippen MR) is 121 cm³/mol. The highest BCUT2D eigenvalue weighted by atomic mass is 35.5. The van der Waals surface area contributed by atoms with Crippen molar-refractivity contribution in [3.8, 4) is 5.75 Å². The lowest BCUT2D eigenvalue weighted by Gasteiger charge is -2.04. The molecule has 0 fully saturated rings. The van der Waals surface area contributed by atoms with Crippen LogP contribution in [0.5, 0.6) is 5.75 Å². The Morgan fingerprint density at radius 3 is 2.77 bits per heavy atom. The molecule has 0 spiro atoms. The number of carbonyl (C=O) groups excluding carboxylic acids is 1. The smallest absolute Gasteiger partial charge is 0.266 e. The van der Waals surface area contributed by atoms with E-state index >= 15 is 0 Å². The summed E-state index contributed by atoms with van der Waals surface area (Å²) in [4.78, 5) is 13.1. The fourth-order valence-electron chi connectivity index (χ4n) is 2.87. The van der Waals surface area contributed by atoms with Gasteiger partial charge in [-0.1, -0.05) is 47.5 Å². The summed E-state index contributed by atoms with van der Waals surface area (Å²) in [5, 5.41) is 9.82. The summed E-state index contributed by atoms with van der Waals surface area (Å²) >= 11 is 7.34. The van der Waals surface area contributed by atoms with E-state index in [9.17, 15) is 4.79 Å². The summed E-state index contributed by atoms with van der Waals surface area (Å²) in [5.41, 5.74) is 3.31. The van der Waals surface area contributed by atoms with Crippen molar-refractivity contribution in [2.24, 2.45) is 0 Å². The highest BCUT2D eigenvalue weighted by Gasteiger charge is 2.12. The Bertz CT molecular complexity index is 1150. The van der Waals surface area contributed by atoms with Crippen molar-refractivity contribution in [3.63, 3.8) is 0 Å². The number of aryl methyl sites for hydroxylation is 1. The number of aromatic nitrogens is 2. The molecule has 152 valence electrons. The average molecular weight is 438 g/mol. The van der Waals surface area contributed by atoms with Crippen LogP contribution < -0.4 is 10.1 Å². The van der Waals surface area contributed by atoms with Gasteiger partial charge in [-0.3, -0.25) is 9.48 Å². The molecule has 0 saturated heterocycles. The molecular formula is C23H20ClN3O2S. The first-order valence-electron chi connectivity index (χ1n) is 9.41. The first-order valence-corrected chi connectivity index (χ1v) is 10.7. The summed E-state index contributed by atoms with van der Waals surface area (Å²) in [6.07, 6.45) is 1.86. The van der Waals surface area contributed by atoms with Gasteiger partial charge in [-0.15, -0.1) is 11.3 Å². The van der Waals surface area contributed by atoms with Crippen LogP contribution in [-0.2, 0) is 13.2 Å². The van der Waals surface area contributed by atoms with Crippen LogP contribution in [0.4, 0.5) is 5.82 Å². The number of nitrogens with one attached hydrogen (secondary N) is 1. The van der Waals surface area contributed by atoms with Crippen LogP contribution in [0.25, 0.3) is 0 Å². The second-order valence-electron chi connectivity index (χ2n) is 6.90. The van der Waals surface area contributed by atoms with Crippen LogP contribution in [0.3, 0.4) is 0 Å². The van der Waals surface area contributed by atoms with E-state index in [1.54, 1.807) is 22.9 Å². The Labute approximate surface area is 183 Å². The maximum atomic E-state index is 12.5. The number of nitrogens with zero attached hydrogens (tertiary/aromatic N) is 2. The van der Waals surface area contributed by atoms with Crippen LogP contribution in [0, 0.1) is 6.92 Å². The maximum absolute atomic E-state index is 12.5. The molecule has 0 bridgehead atoms. The molecule has 2 aromatic carbocycles. The van der Waals surface area contributed by atoms with Gasteiger partial charge in [0.1, 0.15) is 12.4 Å². The van der Waals surface area contributed by atoms with Crippen LogP contribution in [-0.4, -0.2) is 15.7 Å². The maximum Gasteiger partial charge on any atom is 0.266 e. The Kier molecular flexibility index (Phi) is 6.16. The second-order valence-corrected chi connectivity index (χ2v) is 8.25. The number of carbonyl (C=O) groups is 1. The van der Waals surface area contributed by atoms with Gasteiger partial charge in [-0.25, -0.2) is 0 Å². The van der Waals surface area contributed by atoms with Crippen LogP contribution in [0.2, 0.25) is 5.02 Å². The van der Waals surface area contributed by atoms with Gasteiger partial charge in [0.25, 0.3) is 5.91 Å². The van der Waals surface area contributed by atoms with Gasteiger partial charge in [0, 0.05) is 22.8 Å². The summed E-state index contributed by atoms with van der Waals surface area (Å²) in [7, 11) is 0. The molecule has 30 heavy (non-hydrogen) atoms. The molecular weight excluding hydrogens is 418 g/mol. The predicted octanol–water partition coefficient (Wildman–Crippen LogP) is 5.79. The molecule has 4 aromatic rings. The molecule has 0 radical (unpaired) electrons. The summed E-state index contributed by atoms with van der Waals surface area (Å²) < 4.78 is 7.53. The third-order valence-corrected chi connectivity index (χ3v) is 5.64. The van der Waals surface area contributed by atoms with E-state index in [0.717, 1.165) is 11.1 Å². The Morgan fingerprint density at radius 1 is 1.13 bits per heavy atom. The minimum Gasteiger partial charge on any atom is -0.489 e. The number of benzene rings is 2. The van der Waals surface area contributed by atoms with Gasteiger partial charge < -0.3 is 10.1 Å². The average Bonchev–Trinajstić information content (AvgIpc) is 3.38. The molecule has 1 amide bonds. The monoisotopic (exact) mass is 437 g/mol. The van der Waals surface area contributed by atoms with E-state index < -0.39 is 0 Å². The van der Waals surface area contributed by atoms with Crippen molar-refractivity contribution in [2.75, 3.05) is 5.32 Å². The standard InChI is InChI=1S/C23H20ClN3O2S/c1-16-5-7-17(8-6-16)13-27-10-9-22(26-27)25-23(28)21-11-18(15-30-21)14-29-20-4-2-3-19(24)12-20/h2-12,15H,13-14H2,1H3,(H,25,26,28). The number of ether oxygens (including phenoxy) is 1. The summed E-state index contributed by atoms with van der Waals surface area (Å²) in [6, 6.07) is 19.2. The Balaban J connectivity index is 1.33. The number of anilines is 1. The molecule has 0 aliphatic heterocycles. The SMILES string of the molecule is Cc1ccc(Cn2ccc(NC(=O)c3cc(COc4cccc(Cl)c4)cs3)n2)cc1. The molecule has 7 heteroatoms. The van der Waals surface area contributed by atoms with Crippen molar-refractivity contribution in [3.05, 3.63) is 98.8 Å². The lowest BCUT2D eigenvalue weighted by atomic mass is 10.1. The molecule has 2 aromatic heterocycles. The highest BCUT2D eigenvalue weighted by molar-refractivity contribution is 7.12. The van der Waals surface area contributed by atoms with E-state index in [-0.39, 0.29) is 5.91 Å². The van der Waals surface area contributed by atoms with E-state index in [2.05, 4.69) is 41.6 Å². The van der Waals surface area contributed by atoms with Gasteiger partial charge in [0.2, 0.25) is 0 Å². The topological polar surface area (TPSA) is 56.2 Å². The van der Waals surface area contributed by atoms with Gasteiger partial charge >= 0.3 is 0 Å². The zero-order valence-electron chi connectivity index (χ0n) is 16.3. The number of halogens is 1. The molecule has 5 nitrogen and oxygen atoms in total. The van der Waals surface area contributed by atoms with Gasteiger partial charge in [-0.2, -0.15) is 5.10 Å². The third-order valence-electron chi connectivity index (χ3n) is 4.43. The molecule has 1 N–H and O–H groups in total. The van der Waals surface area contributed by atoms with Crippen LogP contribution >= 0.6 is 22.9 Å². The molecule has 0 atom stereocenters. The third kappa shape index (κ3) is 5.28. The highest BCUT2D eigenvalue weighted by Crippen LogP contribution is 2.21. The van der Waals surface area contributed by atoms with Crippen molar-refractivity contribution in [1.29, 1.82) is 0 Å². The lowest BCUT2D eigenvalue weighted by molar-refractivity contribution is 0.103. The normalized spacial score (nSPS) is 10.7. The number of hydrogen-bond acceptors (Lipinski definition) is 4. The summed E-state index contributed by atoms with van der Waals surface area (Å²) in [5.74, 6) is 1.03. The number of thiophene rings is 1. The molecule has 0 aliphatic rings. The second kappa shape index (κ2) is 9.15. The Hall–Kier alpha value is -3.09. The lowest BCUT2D eigenvalue weighted by Crippen LogP contribution is -2.11. The van der Waals surface area contributed by atoms with Gasteiger partial charge in [0.15, 0.2) is 5.82 Å². The number of amides is 1. The van der Waals surface area contributed by atoms with E-state index in [0.29, 0.717) is 34.6 Å². The number of rotatable bonds is 7. The fourth-order valence-corrected chi connectivity index (χ4v) is 3.84. The van der Waals surface area contributed by atoms with Crippen molar-refractivity contribution in [2.45, 2.75) is 20.1 Å². The number of hydrogen-bond donors (Lipinski definition) is 1. The molecule has 0 saturated carbocycles. The quantitative estimate of drug-likeness (QED) is 0.398. The Morgan fingerprint density at radius 2 is 1.97 bits per heavy atom. The first-order chi connectivity index (χ1) is 14.5.